The Morgan fingerprint density at radius 2 is 1.71 bits per heavy atom. The second-order valence-corrected chi connectivity index (χ2v) is 11.6. The summed E-state index contributed by atoms with van der Waals surface area (Å²) in [6, 6.07) is 16.1. The molecule has 0 aliphatic carbocycles. The van der Waals surface area contributed by atoms with Crippen LogP contribution >= 0.6 is 0 Å². The van der Waals surface area contributed by atoms with E-state index in [1.54, 1.807) is 23.1 Å². The number of carbonyl (C=O) groups excluding carboxylic acids is 2. The minimum atomic E-state index is -4.07. The van der Waals surface area contributed by atoms with E-state index >= 15 is 0 Å². The molecular formula is C28H32N6O6S. The SMILES string of the molecule is N=C(N)N1CCC[C@H](CNC(=O)[C@H](CNS(=O)(=O)c2ccc3ccccc3c2)NC(=O)c2ccccc2C(=O)O)C1. The summed E-state index contributed by atoms with van der Waals surface area (Å²) in [7, 11) is -4.07. The number of nitrogens with one attached hydrogen (secondary N) is 4. The van der Waals surface area contributed by atoms with Gasteiger partial charge in [-0.2, -0.15) is 0 Å². The van der Waals surface area contributed by atoms with Gasteiger partial charge in [-0.25, -0.2) is 17.9 Å². The predicted molar refractivity (Wildman–Crippen MR) is 153 cm³/mol. The quantitative estimate of drug-likeness (QED) is 0.153. The van der Waals surface area contributed by atoms with Crippen LogP contribution in [-0.4, -0.2) is 74.4 Å². The lowest BCUT2D eigenvalue weighted by atomic mass is 9.98. The van der Waals surface area contributed by atoms with Crippen molar-refractivity contribution in [1.29, 1.82) is 5.41 Å². The Bertz CT molecular complexity index is 1580. The van der Waals surface area contributed by atoms with Gasteiger partial charge in [0.25, 0.3) is 5.91 Å². The molecule has 1 fully saturated rings. The highest BCUT2D eigenvalue weighted by molar-refractivity contribution is 7.89. The molecule has 0 saturated carbocycles. The zero-order chi connectivity index (χ0) is 29.6. The fraction of sp³-hybridized carbons (Fsp3) is 0.286. The molecule has 2 atom stereocenters. The number of nitrogens with zero attached hydrogens (tertiary/aromatic N) is 1. The van der Waals surface area contributed by atoms with Crippen LogP contribution in [0, 0.1) is 11.3 Å². The van der Waals surface area contributed by atoms with Gasteiger partial charge in [-0.15, -0.1) is 0 Å². The van der Waals surface area contributed by atoms with E-state index in [1.807, 2.05) is 12.1 Å². The number of rotatable bonds is 10. The van der Waals surface area contributed by atoms with Gasteiger partial charge >= 0.3 is 5.97 Å². The maximum Gasteiger partial charge on any atom is 0.336 e. The van der Waals surface area contributed by atoms with Crippen molar-refractivity contribution in [1.82, 2.24) is 20.3 Å². The van der Waals surface area contributed by atoms with Gasteiger partial charge in [-0.05, 0) is 53.8 Å². The lowest BCUT2D eigenvalue weighted by molar-refractivity contribution is -0.123. The van der Waals surface area contributed by atoms with Gasteiger partial charge in [-0.1, -0.05) is 42.5 Å². The molecule has 3 aromatic rings. The summed E-state index contributed by atoms with van der Waals surface area (Å²) in [4.78, 5) is 39.7. The largest absolute Gasteiger partial charge is 0.478 e. The molecule has 1 aliphatic rings. The Morgan fingerprint density at radius 3 is 2.41 bits per heavy atom. The summed E-state index contributed by atoms with van der Waals surface area (Å²) in [6.45, 7) is 0.871. The van der Waals surface area contributed by atoms with Crippen LogP contribution in [-0.2, 0) is 14.8 Å². The summed E-state index contributed by atoms with van der Waals surface area (Å²) in [5.41, 5.74) is 5.18. The zero-order valence-corrected chi connectivity index (χ0v) is 23.0. The fourth-order valence-corrected chi connectivity index (χ4v) is 5.82. The van der Waals surface area contributed by atoms with Gasteiger partial charge in [0.2, 0.25) is 15.9 Å². The molecule has 41 heavy (non-hydrogen) atoms. The molecule has 0 unspecified atom stereocenters. The van der Waals surface area contributed by atoms with Gasteiger partial charge in [0.05, 0.1) is 16.0 Å². The molecule has 7 N–H and O–H groups in total. The van der Waals surface area contributed by atoms with E-state index < -0.39 is 40.4 Å². The third-order valence-electron chi connectivity index (χ3n) is 6.96. The van der Waals surface area contributed by atoms with Gasteiger partial charge in [0, 0.05) is 26.2 Å². The number of piperidine rings is 1. The molecule has 12 nitrogen and oxygen atoms in total. The fourth-order valence-electron chi connectivity index (χ4n) is 4.74. The van der Waals surface area contributed by atoms with E-state index in [2.05, 4.69) is 15.4 Å². The lowest BCUT2D eigenvalue weighted by Crippen LogP contribution is -2.54. The molecule has 2 amide bonds. The summed E-state index contributed by atoms with van der Waals surface area (Å²) in [5, 5.41) is 24.0. The molecule has 0 bridgehead atoms. The smallest absolute Gasteiger partial charge is 0.336 e. The van der Waals surface area contributed by atoms with Crippen molar-refractivity contribution in [2.24, 2.45) is 11.7 Å². The molecule has 0 spiro atoms. The number of hydrogen-bond acceptors (Lipinski definition) is 6. The minimum absolute atomic E-state index is 0.00465. The first-order chi connectivity index (χ1) is 19.5. The first-order valence-corrected chi connectivity index (χ1v) is 14.5. The number of likely N-dealkylation sites (tertiary alicyclic amines) is 1. The van der Waals surface area contributed by atoms with Crippen molar-refractivity contribution in [2.45, 2.75) is 23.8 Å². The summed E-state index contributed by atoms with van der Waals surface area (Å²) >= 11 is 0. The predicted octanol–water partition coefficient (Wildman–Crippen LogP) is 1.34. The highest BCUT2D eigenvalue weighted by atomic mass is 32.2. The number of benzene rings is 3. The second-order valence-electron chi connectivity index (χ2n) is 9.82. The highest BCUT2D eigenvalue weighted by Crippen LogP contribution is 2.19. The molecule has 1 saturated heterocycles. The first kappa shape index (κ1) is 29.5. The third-order valence-corrected chi connectivity index (χ3v) is 8.38. The monoisotopic (exact) mass is 580 g/mol. The van der Waals surface area contributed by atoms with Gasteiger partial charge in [-0.3, -0.25) is 15.0 Å². The molecule has 3 aromatic carbocycles. The Hall–Kier alpha value is -4.49. The van der Waals surface area contributed by atoms with E-state index in [0.717, 1.165) is 23.6 Å². The number of nitrogens with two attached hydrogens (primary N) is 1. The van der Waals surface area contributed by atoms with Crippen molar-refractivity contribution in [2.75, 3.05) is 26.2 Å². The van der Waals surface area contributed by atoms with Crippen molar-refractivity contribution in [3.05, 3.63) is 77.9 Å². The Morgan fingerprint density at radius 1 is 1.02 bits per heavy atom. The molecular weight excluding hydrogens is 548 g/mol. The summed E-state index contributed by atoms with van der Waals surface area (Å²) in [5.74, 6) is -2.86. The molecule has 216 valence electrons. The number of aromatic carboxylic acids is 1. The first-order valence-electron chi connectivity index (χ1n) is 13.0. The van der Waals surface area contributed by atoms with E-state index in [1.165, 1.54) is 36.4 Å². The minimum Gasteiger partial charge on any atom is -0.478 e. The number of amides is 2. The Labute approximate surface area is 237 Å². The summed E-state index contributed by atoms with van der Waals surface area (Å²) < 4.78 is 28.7. The van der Waals surface area contributed by atoms with Crippen LogP contribution in [0.3, 0.4) is 0 Å². The number of carboxylic acid groups (broad SMARTS) is 1. The normalized spacial score (nSPS) is 16.1. The molecule has 1 aliphatic heterocycles. The van der Waals surface area contributed by atoms with Crippen molar-refractivity contribution in [3.8, 4) is 0 Å². The number of sulfonamides is 1. The number of guanidine groups is 1. The van der Waals surface area contributed by atoms with Crippen LogP contribution in [0.2, 0.25) is 0 Å². The zero-order valence-electron chi connectivity index (χ0n) is 22.2. The molecule has 0 radical (unpaired) electrons. The number of carbonyl (C=O) groups is 3. The third kappa shape index (κ3) is 7.38. The van der Waals surface area contributed by atoms with Crippen LogP contribution in [0.15, 0.2) is 71.6 Å². The van der Waals surface area contributed by atoms with Crippen LogP contribution < -0.4 is 21.1 Å². The van der Waals surface area contributed by atoms with Gasteiger partial charge < -0.3 is 26.4 Å². The van der Waals surface area contributed by atoms with Gasteiger partial charge in [0.1, 0.15) is 6.04 Å². The summed E-state index contributed by atoms with van der Waals surface area (Å²) in [6.07, 6.45) is 1.58. The second kappa shape index (κ2) is 12.8. The topological polar surface area (TPSA) is 195 Å². The van der Waals surface area contributed by atoms with E-state index in [9.17, 15) is 27.9 Å². The molecule has 13 heteroatoms. The van der Waals surface area contributed by atoms with E-state index in [0.29, 0.717) is 13.1 Å². The maximum absolute atomic E-state index is 13.3. The van der Waals surface area contributed by atoms with Crippen LogP contribution in [0.4, 0.5) is 0 Å². The van der Waals surface area contributed by atoms with Crippen molar-refractivity contribution in [3.63, 3.8) is 0 Å². The van der Waals surface area contributed by atoms with E-state index in [-0.39, 0.29) is 34.4 Å². The number of carboxylic acids is 1. The van der Waals surface area contributed by atoms with Crippen LogP contribution in [0.25, 0.3) is 10.8 Å². The van der Waals surface area contributed by atoms with Crippen molar-refractivity contribution < 1.29 is 27.9 Å². The van der Waals surface area contributed by atoms with Crippen LogP contribution in [0.1, 0.15) is 33.6 Å². The standard InChI is InChI=1S/C28H32N6O6S/c29-28(30)34-13-5-6-18(17-34)15-31-26(36)24(33-25(35)22-9-3-4-10-23(22)27(37)38)16-32-41(39,40)21-12-11-19-7-1-2-8-20(19)14-21/h1-4,7-12,14,18,24,32H,5-6,13,15-17H2,(H3,29,30)(H,31,36)(H,33,35)(H,37,38)/t18-,24+/m1/s1. The lowest BCUT2D eigenvalue weighted by Gasteiger charge is -2.33. The van der Waals surface area contributed by atoms with E-state index in [4.69, 9.17) is 11.1 Å². The molecule has 1 heterocycles. The molecule has 4 rings (SSSR count). The van der Waals surface area contributed by atoms with Gasteiger partial charge in [0.15, 0.2) is 5.96 Å². The number of fused-ring (bicyclic) bond motifs is 1. The number of hydrogen-bond donors (Lipinski definition) is 6. The van der Waals surface area contributed by atoms with Crippen molar-refractivity contribution >= 4 is 44.5 Å². The Kier molecular flexibility index (Phi) is 9.20. The average Bonchev–Trinajstić information content (AvgIpc) is 2.97. The van der Waals surface area contributed by atoms with Crippen LogP contribution in [0.5, 0.6) is 0 Å². The highest BCUT2D eigenvalue weighted by Gasteiger charge is 2.28. The maximum atomic E-state index is 13.3. The molecule has 0 aromatic heterocycles. The Balaban J connectivity index is 1.51. The average molecular weight is 581 g/mol.